The van der Waals surface area contributed by atoms with Gasteiger partial charge in [0.1, 0.15) is 5.75 Å². The molecule has 19 heavy (non-hydrogen) atoms. The van der Waals surface area contributed by atoms with Crippen LogP contribution in [0.4, 0.5) is 0 Å². The molecule has 3 N–H and O–H groups in total. The summed E-state index contributed by atoms with van der Waals surface area (Å²) >= 11 is 0. The van der Waals surface area contributed by atoms with Gasteiger partial charge in [-0.3, -0.25) is 0 Å². The van der Waals surface area contributed by atoms with Crippen LogP contribution in [-0.4, -0.2) is 62.1 Å². The molecule has 0 aliphatic carbocycles. The highest BCUT2D eigenvalue weighted by Gasteiger charge is 2.14. The molecule has 0 fully saturated rings. The zero-order valence-electron chi connectivity index (χ0n) is 11.8. The van der Waals surface area contributed by atoms with Crippen molar-refractivity contribution in [1.29, 1.82) is 0 Å². The lowest BCUT2D eigenvalue weighted by Gasteiger charge is -2.26. The number of aliphatic hydroxyl groups excluding tert-OH is 2. The largest absolute Gasteiger partial charge is 0.497 e. The summed E-state index contributed by atoms with van der Waals surface area (Å²) in [7, 11) is 5.67. The molecule has 108 valence electrons. The van der Waals surface area contributed by atoms with E-state index in [-0.39, 0.29) is 12.6 Å². The Kier molecular flexibility index (Phi) is 6.80. The third-order valence-corrected chi connectivity index (χ3v) is 3.03. The summed E-state index contributed by atoms with van der Waals surface area (Å²) in [5, 5.41) is 21.3. The predicted octanol–water partition coefficient (Wildman–Crippen LogP) is 0.241. The Balaban J connectivity index is 2.66. The summed E-state index contributed by atoms with van der Waals surface area (Å²) in [6.45, 7) is 0.848. The fourth-order valence-electron chi connectivity index (χ4n) is 1.90. The Morgan fingerprint density at radius 2 is 2.05 bits per heavy atom. The van der Waals surface area contributed by atoms with E-state index in [0.717, 1.165) is 11.3 Å². The van der Waals surface area contributed by atoms with Crippen LogP contribution in [0.1, 0.15) is 11.6 Å². The van der Waals surface area contributed by atoms with Crippen LogP contribution in [0.5, 0.6) is 5.75 Å². The van der Waals surface area contributed by atoms with Gasteiger partial charge >= 0.3 is 0 Å². The zero-order valence-corrected chi connectivity index (χ0v) is 11.8. The summed E-state index contributed by atoms with van der Waals surface area (Å²) in [5.74, 6) is 0.833. The second kappa shape index (κ2) is 8.12. The van der Waals surface area contributed by atoms with E-state index in [9.17, 15) is 5.11 Å². The Labute approximate surface area is 114 Å². The molecular weight excluding hydrogens is 244 g/mol. The monoisotopic (exact) mass is 268 g/mol. The first-order chi connectivity index (χ1) is 9.08. The maximum atomic E-state index is 9.32. The number of ether oxygens (including phenoxy) is 1. The highest BCUT2D eigenvalue weighted by Crippen LogP contribution is 2.21. The molecule has 0 saturated heterocycles. The van der Waals surface area contributed by atoms with Crippen molar-refractivity contribution in [2.24, 2.45) is 0 Å². The van der Waals surface area contributed by atoms with Crippen LogP contribution in [-0.2, 0) is 0 Å². The molecule has 0 aromatic heterocycles. The van der Waals surface area contributed by atoms with Crippen LogP contribution in [0.25, 0.3) is 0 Å². The first-order valence-corrected chi connectivity index (χ1v) is 6.38. The molecule has 1 rings (SSSR count). The average Bonchev–Trinajstić information content (AvgIpc) is 2.42. The Morgan fingerprint density at radius 1 is 1.32 bits per heavy atom. The molecule has 0 saturated carbocycles. The van der Waals surface area contributed by atoms with Gasteiger partial charge in [0.25, 0.3) is 0 Å². The number of rotatable bonds is 8. The van der Waals surface area contributed by atoms with Crippen LogP contribution in [0, 0.1) is 0 Å². The van der Waals surface area contributed by atoms with Gasteiger partial charge in [0.05, 0.1) is 19.8 Å². The van der Waals surface area contributed by atoms with Gasteiger partial charge in [-0.2, -0.15) is 0 Å². The lowest BCUT2D eigenvalue weighted by Crippen LogP contribution is -2.36. The predicted molar refractivity (Wildman–Crippen MR) is 75.4 cm³/mol. The second-order valence-electron chi connectivity index (χ2n) is 4.75. The second-order valence-corrected chi connectivity index (χ2v) is 4.75. The summed E-state index contributed by atoms with van der Waals surface area (Å²) in [5.41, 5.74) is 1.15. The molecule has 0 spiro atoms. The summed E-state index contributed by atoms with van der Waals surface area (Å²) < 4.78 is 5.23. The van der Waals surface area contributed by atoms with Crippen molar-refractivity contribution in [1.82, 2.24) is 10.2 Å². The highest BCUT2D eigenvalue weighted by molar-refractivity contribution is 5.30. The molecule has 2 atom stereocenters. The number of hydrogen-bond acceptors (Lipinski definition) is 5. The summed E-state index contributed by atoms with van der Waals surface area (Å²) in [6, 6.07) is 8.12. The minimum atomic E-state index is -0.715. The van der Waals surface area contributed by atoms with Crippen LogP contribution < -0.4 is 10.1 Å². The fraction of sp³-hybridized carbons (Fsp3) is 0.571. The molecule has 2 unspecified atom stereocenters. The molecule has 1 aromatic rings. The maximum absolute atomic E-state index is 9.32. The van der Waals surface area contributed by atoms with Gasteiger partial charge in [-0.25, -0.2) is 0 Å². The molecule has 0 aliphatic heterocycles. The first-order valence-electron chi connectivity index (χ1n) is 6.38. The quantitative estimate of drug-likeness (QED) is 0.630. The number of nitrogens with one attached hydrogen (secondary N) is 1. The fourth-order valence-corrected chi connectivity index (χ4v) is 1.90. The zero-order chi connectivity index (χ0) is 14.3. The minimum absolute atomic E-state index is 0.181. The number of benzene rings is 1. The van der Waals surface area contributed by atoms with Crippen LogP contribution in [0.15, 0.2) is 24.3 Å². The van der Waals surface area contributed by atoms with Gasteiger partial charge in [0.2, 0.25) is 0 Å². The van der Waals surface area contributed by atoms with Gasteiger partial charge in [-0.15, -0.1) is 0 Å². The van der Waals surface area contributed by atoms with Crippen molar-refractivity contribution < 1.29 is 14.9 Å². The normalized spacial score (nSPS) is 14.4. The summed E-state index contributed by atoms with van der Waals surface area (Å²) in [4.78, 5) is 2.10. The van der Waals surface area contributed by atoms with Gasteiger partial charge in [-0.05, 0) is 31.8 Å². The molecule has 0 heterocycles. The van der Waals surface area contributed by atoms with Gasteiger partial charge < -0.3 is 25.2 Å². The van der Waals surface area contributed by atoms with Gasteiger partial charge in [0, 0.05) is 19.1 Å². The van der Waals surface area contributed by atoms with Crippen molar-refractivity contribution >= 4 is 0 Å². The lowest BCUT2D eigenvalue weighted by atomic mass is 10.1. The molecule has 0 aliphatic rings. The minimum Gasteiger partial charge on any atom is -0.497 e. The number of hydrogen-bond donors (Lipinski definition) is 3. The van der Waals surface area contributed by atoms with Crippen molar-refractivity contribution in [3.8, 4) is 5.75 Å². The van der Waals surface area contributed by atoms with E-state index in [2.05, 4.69) is 16.3 Å². The molecular formula is C14H24N2O3. The van der Waals surface area contributed by atoms with Crippen molar-refractivity contribution in [3.63, 3.8) is 0 Å². The molecule has 0 bridgehead atoms. The van der Waals surface area contributed by atoms with E-state index in [1.807, 2.05) is 32.3 Å². The van der Waals surface area contributed by atoms with E-state index < -0.39 is 6.10 Å². The standard InChI is InChI=1S/C14H24N2O3/c1-16(2)14(9-15-8-12(18)10-17)11-5-4-6-13(7-11)19-3/h4-7,12,14-15,17-18H,8-10H2,1-3H3. The van der Waals surface area contributed by atoms with E-state index in [4.69, 9.17) is 9.84 Å². The maximum Gasteiger partial charge on any atom is 0.119 e. The third kappa shape index (κ3) is 5.16. The number of likely N-dealkylation sites (N-methyl/N-ethyl adjacent to an activating group) is 1. The number of methoxy groups -OCH3 is 1. The van der Waals surface area contributed by atoms with E-state index in [1.165, 1.54) is 0 Å². The third-order valence-electron chi connectivity index (χ3n) is 3.03. The van der Waals surface area contributed by atoms with E-state index in [0.29, 0.717) is 13.1 Å². The first kappa shape index (κ1) is 15.9. The topological polar surface area (TPSA) is 65.0 Å². The molecule has 5 nitrogen and oxygen atoms in total. The van der Waals surface area contributed by atoms with E-state index in [1.54, 1.807) is 7.11 Å². The van der Waals surface area contributed by atoms with Gasteiger partial charge in [0.15, 0.2) is 0 Å². The van der Waals surface area contributed by atoms with Crippen LogP contribution in [0.3, 0.4) is 0 Å². The number of nitrogens with zero attached hydrogens (tertiary/aromatic N) is 1. The summed E-state index contributed by atoms with van der Waals surface area (Å²) in [6.07, 6.45) is -0.715. The van der Waals surface area contributed by atoms with Crippen LogP contribution >= 0.6 is 0 Å². The SMILES string of the molecule is COc1cccc(C(CNCC(O)CO)N(C)C)c1. The van der Waals surface area contributed by atoms with Crippen molar-refractivity contribution in [3.05, 3.63) is 29.8 Å². The molecule has 0 radical (unpaired) electrons. The van der Waals surface area contributed by atoms with Crippen LogP contribution in [0.2, 0.25) is 0 Å². The van der Waals surface area contributed by atoms with Crippen molar-refractivity contribution in [2.45, 2.75) is 12.1 Å². The Bertz CT molecular complexity index is 371. The molecule has 5 heteroatoms. The lowest BCUT2D eigenvalue weighted by molar-refractivity contribution is 0.0927. The smallest absolute Gasteiger partial charge is 0.119 e. The Hall–Kier alpha value is -1.14. The molecule has 0 amide bonds. The highest BCUT2D eigenvalue weighted by atomic mass is 16.5. The van der Waals surface area contributed by atoms with E-state index >= 15 is 0 Å². The Morgan fingerprint density at radius 3 is 2.63 bits per heavy atom. The molecule has 1 aromatic carbocycles. The average molecular weight is 268 g/mol. The number of aliphatic hydroxyl groups is 2. The van der Waals surface area contributed by atoms with Crippen molar-refractivity contribution in [2.75, 3.05) is 40.9 Å². The van der Waals surface area contributed by atoms with Gasteiger partial charge in [-0.1, -0.05) is 12.1 Å².